The number of imide groups is 1. The van der Waals surface area contributed by atoms with E-state index in [-0.39, 0.29) is 12.3 Å². The number of carbonyl (C=O) groups is 3. The molecule has 0 saturated carbocycles. The van der Waals surface area contributed by atoms with Gasteiger partial charge in [0.15, 0.2) is 0 Å². The Kier molecular flexibility index (Phi) is 7.03. The molecule has 7 nitrogen and oxygen atoms in total. The molecule has 1 aliphatic heterocycles. The zero-order valence-corrected chi connectivity index (χ0v) is 21.1. The van der Waals surface area contributed by atoms with Crippen molar-refractivity contribution in [3.63, 3.8) is 0 Å². The van der Waals surface area contributed by atoms with E-state index in [0.29, 0.717) is 33.3 Å². The number of benzene rings is 3. The standard InChI is InChI=1S/C30H21N3O4S/c1-19(34)37-23-14-12-22(13-15-23)33-28(35)17-27(30(33)36)38-29-25(18-31)24(20-8-4-2-5-9-20)16-26(32-29)21-10-6-3-7-11-21/h2-16,27H,17H2,1H3. The summed E-state index contributed by atoms with van der Waals surface area (Å²) in [5.41, 5.74) is 3.84. The predicted octanol–water partition coefficient (Wildman–Crippen LogP) is 5.64. The van der Waals surface area contributed by atoms with Crippen LogP contribution in [0.1, 0.15) is 18.9 Å². The number of anilines is 1. The van der Waals surface area contributed by atoms with Gasteiger partial charge in [0.2, 0.25) is 11.8 Å². The van der Waals surface area contributed by atoms with Crippen LogP contribution >= 0.6 is 11.8 Å². The first-order valence-electron chi connectivity index (χ1n) is 11.8. The fraction of sp³-hybridized carbons (Fsp3) is 0.100. The molecule has 0 radical (unpaired) electrons. The predicted molar refractivity (Wildman–Crippen MR) is 144 cm³/mol. The number of rotatable bonds is 6. The summed E-state index contributed by atoms with van der Waals surface area (Å²) in [4.78, 5) is 43.4. The number of hydrogen-bond acceptors (Lipinski definition) is 7. The molecule has 2 amide bonds. The molecule has 0 spiro atoms. The van der Waals surface area contributed by atoms with Gasteiger partial charge < -0.3 is 4.74 Å². The number of ether oxygens (including phenoxy) is 1. The first-order chi connectivity index (χ1) is 18.4. The quantitative estimate of drug-likeness (QED) is 0.185. The van der Waals surface area contributed by atoms with Crippen molar-refractivity contribution >= 4 is 35.2 Å². The molecule has 1 aromatic heterocycles. The lowest BCUT2D eigenvalue weighted by Crippen LogP contribution is -2.31. The summed E-state index contributed by atoms with van der Waals surface area (Å²) in [6.07, 6.45) is -0.0298. The summed E-state index contributed by atoms with van der Waals surface area (Å²) in [5, 5.41) is 9.78. The highest BCUT2D eigenvalue weighted by molar-refractivity contribution is 8.00. The lowest BCUT2D eigenvalue weighted by molar-refractivity contribution is -0.132. The molecule has 2 heterocycles. The number of nitrogens with zero attached hydrogens (tertiary/aromatic N) is 3. The first-order valence-corrected chi connectivity index (χ1v) is 12.7. The van der Waals surface area contributed by atoms with E-state index in [2.05, 4.69) is 6.07 Å². The Hall–Kier alpha value is -4.74. The highest BCUT2D eigenvalue weighted by atomic mass is 32.2. The molecule has 3 aromatic carbocycles. The second-order valence-electron chi connectivity index (χ2n) is 8.54. The van der Waals surface area contributed by atoms with E-state index in [1.165, 1.54) is 19.1 Å². The van der Waals surface area contributed by atoms with Crippen molar-refractivity contribution in [1.82, 2.24) is 4.98 Å². The van der Waals surface area contributed by atoms with Crippen molar-refractivity contribution in [2.24, 2.45) is 0 Å². The summed E-state index contributed by atoms with van der Waals surface area (Å²) >= 11 is 1.13. The molecule has 0 bridgehead atoms. The summed E-state index contributed by atoms with van der Waals surface area (Å²) in [7, 11) is 0. The Morgan fingerprint density at radius 3 is 2.21 bits per heavy atom. The molecule has 4 aromatic rings. The average molecular weight is 520 g/mol. The van der Waals surface area contributed by atoms with Crippen molar-refractivity contribution < 1.29 is 19.1 Å². The lowest BCUT2D eigenvalue weighted by Gasteiger charge is -2.16. The first kappa shape index (κ1) is 24.9. The fourth-order valence-electron chi connectivity index (χ4n) is 4.25. The molecule has 1 saturated heterocycles. The van der Waals surface area contributed by atoms with E-state index < -0.39 is 17.1 Å². The number of hydrogen-bond donors (Lipinski definition) is 0. The Labute approximate surface area is 223 Å². The van der Waals surface area contributed by atoms with Crippen LogP contribution in [0.15, 0.2) is 96.0 Å². The largest absolute Gasteiger partial charge is 0.427 e. The van der Waals surface area contributed by atoms with Gasteiger partial charge in [0.05, 0.1) is 22.2 Å². The molecule has 5 rings (SSSR count). The Bertz CT molecular complexity index is 1570. The van der Waals surface area contributed by atoms with Crippen molar-refractivity contribution in [1.29, 1.82) is 5.26 Å². The topological polar surface area (TPSA) is 100 Å². The van der Waals surface area contributed by atoms with Gasteiger partial charge in [-0.2, -0.15) is 5.26 Å². The van der Waals surface area contributed by atoms with Gasteiger partial charge in [-0.1, -0.05) is 72.4 Å². The van der Waals surface area contributed by atoms with Gasteiger partial charge in [0.1, 0.15) is 16.8 Å². The second kappa shape index (κ2) is 10.7. The number of amides is 2. The van der Waals surface area contributed by atoms with E-state index in [1.807, 2.05) is 66.7 Å². The molecule has 1 atom stereocenters. The molecule has 1 fully saturated rings. The van der Waals surface area contributed by atoms with Crippen LogP contribution in [0.4, 0.5) is 5.69 Å². The van der Waals surface area contributed by atoms with Crippen LogP contribution in [0.25, 0.3) is 22.4 Å². The number of carbonyl (C=O) groups excluding carboxylic acids is 3. The summed E-state index contributed by atoms with van der Waals surface area (Å²) in [6.45, 7) is 1.29. The number of pyridine rings is 1. The molecule has 0 N–H and O–H groups in total. The second-order valence-corrected chi connectivity index (χ2v) is 9.74. The molecule has 186 valence electrons. The minimum absolute atomic E-state index is 0.0298. The minimum atomic E-state index is -0.745. The van der Waals surface area contributed by atoms with Crippen LogP contribution in [0.2, 0.25) is 0 Å². The maximum Gasteiger partial charge on any atom is 0.308 e. The monoisotopic (exact) mass is 519 g/mol. The van der Waals surface area contributed by atoms with E-state index in [0.717, 1.165) is 27.8 Å². The number of thioether (sulfide) groups is 1. The Morgan fingerprint density at radius 2 is 1.61 bits per heavy atom. The maximum absolute atomic E-state index is 13.4. The zero-order chi connectivity index (χ0) is 26.6. The van der Waals surface area contributed by atoms with E-state index in [1.54, 1.807) is 12.1 Å². The number of esters is 1. The SMILES string of the molecule is CC(=O)Oc1ccc(N2C(=O)CC(Sc3nc(-c4ccccc4)cc(-c4ccccc4)c3C#N)C2=O)cc1. The van der Waals surface area contributed by atoms with Gasteiger partial charge in [0, 0.05) is 24.5 Å². The third-order valence-electron chi connectivity index (χ3n) is 5.97. The van der Waals surface area contributed by atoms with Crippen molar-refractivity contribution in [2.75, 3.05) is 4.90 Å². The zero-order valence-electron chi connectivity index (χ0n) is 20.3. The Balaban J connectivity index is 1.50. The average Bonchev–Trinajstić information content (AvgIpc) is 3.21. The summed E-state index contributed by atoms with van der Waals surface area (Å²) in [6, 6.07) is 29.5. The third-order valence-corrected chi connectivity index (χ3v) is 7.14. The van der Waals surface area contributed by atoms with E-state index in [9.17, 15) is 19.6 Å². The minimum Gasteiger partial charge on any atom is -0.427 e. The van der Waals surface area contributed by atoms with Gasteiger partial charge in [0.25, 0.3) is 0 Å². The van der Waals surface area contributed by atoms with Gasteiger partial charge >= 0.3 is 5.97 Å². The highest BCUT2D eigenvalue weighted by Crippen LogP contribution is 2.39. The molecular formula is C30H21N3O4S. The number of aromatic nitrogens is 1. The van der Waals surface area contributed by atoms with Crippen molar-refractivity contribution in [2.45, 2.75) is 23.6 Å². The van der Waals surface area contributed by atoms with Crippen LogP contribution in [-0.2, 0) is 14.4 Å². The van der Waals surface area contributed by atoms with Gasteiger partial charge in [-0.15, -0.1) is 0 Å². The van der Waals surface area contributed by atoms with Crippen molar-refractivity contribution in [3.05, 3.63) is 96.6 Å². The van der Waals surface area contributed by atoms with E-state index >= 15 is 0 Å². The third kappa shape index (κ3) is 5.05. The van der Waals surface area contributed by atoms with Gasteiger partial charge in [-0.3, -0.25) is 14.4 Å². The molecule has 0 aliphatic carbocycles. The molecular weight excluding hydrogens is 498 g/mol. The molecule has 38 heavy (non-hydrogen) atoms. The molecule has 1 unspecified atom stereocenters. The molecule has 8 heteroatoms. The molecule has 1 aliphatic rings. The van der Waals surface area contributed by atoms with Crippen LogP contribution in [0.3, 0.4) is 0 Å². The number of nitriles is 1. The van der Waals surface area contributed by atoms with Gasteiger partial charge in [-0.25, -0.2) is 9.88 Å². The fourth-order valence-corrected chi connectivity index (χ4v) is 5.37. The van der Waals surface area contributed by atoms with Crippen LogP contribution < -0.4 is 9.64 Å². The lowest BCUT2D eigenvalue weighted by atomic mass is 9.99. The maximum atomic E-state index is 13.4. The van der Waals surface area contributed by atoms with Crippen LogP contribution in [0.5, 0.6) is 5.75 Å². The van der Waals surface area contributed by atoms with E-state index in [4.69, 9.17) is 9.72 Å². The van der Waals surface area contributed by atoms with Crippen molar-refractivity contribution in [3.8, 4) is 34.2 Å². The van der Waals surface area contributed by atoms with Gasteiger partial charge in [-0.05, 0) is 35.9 Å². The normalized spacial score (nSPS) is 14.8. The Morgan fingerprint density at radius 1 is 0.974 bits per heavy atom. The van der Waals surface area contributed by atoms with Crippen LogP contribution in [-0.4, -0.2) is 28.0 Å². The van der Waals surface area contributed by atoms with Crippen LogP contribution in [0, 0.1) is 11.3 Å². The summed E-state index contributed by atoms with van der Waals surface area (Å²) < 4.78 is 5.04. The summed E-state index contributed by atoms with van der Waals surface area (Å²) in [5.74, 6) is -0.887. The smallest absolute Gasteiger partial charge is 0.308 e. The highest BCUT2D eigenvalue weighted by Gasteiger charge is 2.41.